The van der Waals surface area contributed by atoms with Gasteiger partial charge in [0.2, 0.25) is 0 Å². The Morgan fingerprint density at radius 3 is 3.09 bits per heavy atom. The summed E-state index contributed by atoms with van der Waals surface area (Å²) < 4.78 is 17.8. The van der Waals surface area contributed by atoms with Crippen LogP contribution in [0.25, 0.3) is 0 Å². The largest absolute Gasteiger partial charge is 0.490 e. The van der Waals surface area contributed by atoms with Crippen molar-refractivity contribution in [2.24, 2.45) is 0 Å². The lowest BCUT2D eigenvalue weighted by molar-refractivity contribution is 0.321. The Labute approximate surface area is 69.7 Å². The molecule has 0 aromatic heterocycles. The van der Waals surface area contributed by atoms with Crippen LogP contribution in [0.3, 0.4) is 0 Å². The van der Waals surface area contributed by atoms with Crippen molar-refractivity contribution in [3.63, 3.8) is 0 Å². The average molecular weight is 174 g/mol. The highest BCUT2D eigenvalue weighted by atomic mass is 35.5. The summed E-state index contributed by atoms with van der Waals surface area (Å²) in [4.78, 5) is 0. The normalized spacial score (nSPS) is 9.73. The van der Waals surface area contributed by atoms with E-state index in [-0.39, 0.29) is 10.8 Å². The second-order valence-electron chi connectivity index (χ2n) is 1.90. The standard InChI is InChI=1S/C8H7ClFO/c1-2-11-7-5-3-4-6(9)8(7)10/h3-4H,2H2,1H3. The van der Waals surface area contributed by atoms with Crippen LogP contribution in [0.15, 0.2) is 12.1 Å². The van der Waals surface area contributed by atoms with Crippen molar-refractivity contribution in [2.75, 3.05) is 6.61 Å². The van der Waals surface area contributed by atoms with Gasteiger partial charge in [0.15, 0.2) is 11.6 Å². The van der Waals surface area contributed by atoms with Gasteiger partial charge < -0.3 is 4.74 Å². The van der Waals surface area contributed by atoms with E-state index in [1.54, 1.807) is 6.92 Å². The van der Waals surface area contributed by atoms with Gasteiger partial charge in [-0.2, -0.15) is 0 Å². The summed E-state index contributed by atoms with van der Waals surface area (Å²) in [7, 11) is 0. The molecule has 0 aliphatic rings. The van der Waals surface area contributed by atoms with Crippen LogP contribution in [0.2, 0.25) is 5.02 Å². The predicted octanol–water partition coefficient (Wildman–Crippen LogP) is 2.68. The summed E-state index contributed by atoms with van der Waals surface area (Å²) in [5.41, 5.74) is 0. The SMILES string of the molecule is CCOc1[c]ccc(Cl)c1F. The maximum absolute atomic E-state index is 12.9. The first-order valence-electron chi connectivity index (χ1n) is 3.24. The highest BCUT2D eigenvalue weighted by Crippen LogP contribution is 2.23. The maximum atomic E-state index is 12.9. The molecule has 0 unspecified atom stereocenters. The Kier molecular flexibility index (Phi) is 2.71. The zero-order valence-electron chi connectivity index (χ0n) is 6.03. The van der Waals surface area contributed by atoms with Crippen molar-refractivity contribution < 1.29 is 9.13 Å². The smallest absolute Gasteiger partial charge is 0.184 e. The van der Waals surface area contributed by atoms with Crippen LogP contribution in [0.5, 0.6) is 5.75 Å². The number of hydrogen-bond donors (Lipinski definition) is 0. The van der Waals surface area contributed by atoms with Crippen LogP contribution < -0.4 is 4.74 Å². The average Bonchev–Trinajstić information content (AvgIpc) is 1.99. The van der Waals surface area contributed by atoms with E-state index in [0.717, 1.165) is 0 Å². The Balaban J connectivity index is 2.96. The monoisotopic (exact) mass is 173 g/mol. The first-order valence-corrected chi connectivity index (χ1v) is 3.62. The van der Waals surface area contributed by atoms with Crippen molar-refractivity contribution in [3.8, 4) is 5.75 Å². The van der Waals surface area contributed by atoms with E-state index in [2.05, 4.69) is 6.07 Å². The zero-order valence-corrected chi connectivity index (χ0v) is 6.78. The third kappa shape index (κ3) is 1.84. The van der Waals surface area contributed by atoms with Gasteiger partial charge >= 0.3 is 0 Å². The molecule has 11 heavy (non-hydrogen) atoms. The minimum absolute atomic E-state index is 0.0622. The highest BCUT2D eigenvalue weighted by molar-refractivity contribution is 6.30. The van der Waals surface area contributed by atoms with E-state index in [1.807, 2.05) is 0 Å². The Morgan fingerprint density at radius 2 is 2.45 bits per heavy atom. The lowest BCUT2D eigenvalue weighted by Crippen LogP contribution is -1.94. The molecule has 0 saturated heterocycles. The summed E-state index contributed by atoms with van der Waals surface area (Å²) in [6.45, 7) is 2.18. The number of rotatable bonds is 2. The molecule has 0 spiro atoms. The molecule has 1 radical (unpaired) electrons. The lowest BCUT2D eigenvalue weighted by Gasteiger charge is -2.03. The molecule has 1 aromatic carbocycles. The van der Waals surface area contributed by atoms with Gasteiger partial charge in [-0.05, 0) is 19.1 Å². The number of halogens is 2. The molecule has 0 fully saturated rings. The fraction of sp³-hybridized carbons (Fsp3) is 0.250. The van der Waals surface area contributed by atoms with E-state index >= 15 is 0 Å². The molecule has 59 valence electrons. The van der Waals surface area contributed by atoms with Crippen LogP contribution in [0, 0.1) is 11.9 Å². The van der Waals surface area contributed by atoms with Crippen molar-refractivity contribution >= 4 is 11.6 Å². The Hall–Kier alpha value is -0.760. The van der Waals surface area contributed by atoms with Gasteiger partial charge in [-0.1, -0.05) is 11.6 Å². The quantitative estimate of drug-likeness (QED) is 0.668. The van der Waals surface area contributed by atoms with Crippen LogP contribution in [-0.4, -0.2) is 6.61 Å². The topological polar surface area (TPSA) is 9.23 Å². The van der Waals surface area contributed by atoms with E-state index in [0.29, 0.717) is 6.61 Å². The second kappa shape index (κ2) is 3.58. The van der Waals surface area contributed by atoms with Crippen LogP contribution in [0.4, 0.5) is 4.39 Å². The Morgan fingerprint density at radius 1 is 1.73 bits per heavy atom. The molecule has 3 heteroatoms. The molecule has 1 nitrogen and oxygen atoms in total. The zero-order chi connectivity index (χ0) is 8.27. The molecule has 0 aliphatic heterocycles. The van der Waals surface area contributed by atoms with Crippen molar-refractivity contribution in [1.29, 1.82) is 0 Å². The van der Waals surface area contributed by atoms with E-state index in [4.69, 9.17) is 16.3 Å². The predicted molar refractivity (Wildman–Crippen MR) is 41.4 cm³/mol. The van der Waals surface area contributed by atoms with Gasteiger partial charge in [0.1, 0.15) is 0 Å². The highest BCUT2D eigenvalue weighted by Gasteiger charge is 2.05. The molecular formula is C8H7ClFO. The molecule has 0 N–H and O–H groups in total. The van der Waals surface area contributed by atoms with Crippen molar-refractivity contribution in [3.05, 3.63) is 29.0 Å². The fourth-order valence-corrected chi connectivity index (χ4v) is 0.834. The fourth-order valence-electron chi connectivity index (χ4n) is 0.685. The maximum Gasteiger partial charge on any atom is 0.184 e. The van der Waals surface area contributed by atoms with Gasteiger partial charge in [-0.25, -0.2) is 4.39 Å². The summed E-state index contributed by atoms with van der Waals surface area (Å²) in [6.07, 6.45) is 0. The first-order chi connectivity index (χ1) is 5.25. The number of hydrogen-bond acceptors (Lipinski definition) is 1. The number of benzene rings is 1. The molecule has 0 aliphatic carbocycles. The second-order valence-corrected chi connectivity index (χ2v) is 2.31. The minimum Gasteiger partial charge on any atom is -0.490 e. The van der Waals surface area contributed by atoms with Crippen LogP contribution >= 0.6 is 11.6 Å². The number of ether oxygens (including phenoxy) is 1. The summed E-state index contributed by atoms with van der Waals surface area (Å²) in [5, 5.41) is 0.0622. The third-order valence-electron chi connectivity index (χ3n) is 1.14. The summed E-state index contributed by atoms with van der Waals surface area (Å²) in [6, 6.07) is 5.55. The van der Waals surface area contributed by atoms with Crippen molar-refractivity contribution in [1.82, 2.24) is 0 Å². The van der Waals surface area contributed by atoms with E-state index in [9.17, 15) is 4.39 Å². The molecule has 0 saturated carbocycles. The van der Waals surface area contributed by atoms with Crippen molar-refractivity contribution in [2.45, 2.75) is 6.92 Å². The molecule has 1 rings (SSSR count). The van der Waals surface area contributed by atoms with Gasteiger partial charge in [0.05, 0.1) is 11.6 Å². The molecular weight excluding hydrogens is 167 g/mol. The molecule has 0 heterocycles. The lowest BCUT2D eigenvalue weighted by atomic mass is 10.3. The van der Waals surface area contributed by atoms with Gasteiger partial charge in [-0.3, -0.25) is 0 Å². The van der Waals surface area contributed by atoms with E-state index < -0.39 is 5.82 Å². The summed E-state index contributed by atoms with van der Waals surface area (Å²) in [5.74, 6) is -0.462. The molecule has 1 aromatic rings. The molecule has 0 bridgehead atoms. The van der Waals surface area contributed by atoms with E-state index in [1.165, 1.54) is 12.1 Å². The van der Waals surface area contributed by atoms with Gasteiger partial charge in [-0.15, -0.1) is 0 Å². The summed E-state index contributed by atoms with van der Waals surface area (Å²) >= 11 is 5.47. The molecule has 0 amide bonds. The Bertz CT molecular complexity index is 250. The van der Waals surface area contributed by atoms with Gasteiger partial charge in [0.25, 0.3) is 0 Å². The molecule has 0 atom stereocenters. The van der Waals surface area contributed by atoms with Crippen LogP contribution in [0.1, 0.15) is 6.92 Å². The minimum atomic E-state index is -0.545. The van der Waals surface area contributed by atoms with Crippen LogP contribution in [-0.2, 0) is 0 Å². The first kappa shape index (κ1) is 8.34. The van der Waals surface area contributed by atoms with Gasteiger partial charge in [0, 0.05) is 6.07 Å². The third-order valence-corrected chi connectivity index (χ3v) is 1.43.